The fraction of sp³-hybridized carbons (Fsp3) is 0.364. The van der Waals surface area contributed by atoms with Crippen LogP contribution in [-0.2, 0) is 4.79 Å². The Kier molecular flexibility index (Phi) is 5.70. The van der Waals surface area contributed by atoms with Crippen molar-refractivity contribution < 1.29 is 23.1 Å². The molecule has 1 atom stereocenters. The number of rotatable bonds is 8. The van der Waals surface area contributed by atoms with Gasteiger partial charge in [-0.2, -0.15) is 0 Å². The first kappa shape index (κ1) is 22.0. The lowest BCUT2D eigenvalue weighted by atomic mass is 9.37. The largest absolute Gasteiger partial charge is 0.484 e. The number of hydrogen-bond donors (Lipinski definition) is 2. The number of halogens is 4. The number of Topliss-reactive ketones (excluding diaryl/α,β-unsaturated/α-hetero) is 1. The SMILES string of the molecule is C[C@H]1C2(NCC(=O)c3ccc(Cl)c(F)c3)CC1(NC(=O)COc1ccc(Cl)c(F)c1)C2. The van der Waals surface area contributed by atoms with E-state index in [0.717, 1.165) is 12.1 Å². The first-order valence-corrected chi connectivity index (χ1v) is 10.5. The molecule has 0 saturated heterocycles. The number of carbonyl (C=O) groups is 2. The minimum absolute atomic E-state index is 0.0167. The van der Waals surface area contributed by atoms with Crippen molar-refractivity contribution in [3.8, 4) is 5.75 Å². The third kappa shape index (κ3) is 4.02. The second kappa shape index (κ2) is 8.04. The van der Waals surface area contributed by atoms with Gasteiger partial charge in [0.2, 0.25) is 0 Å². The smallest absolute Gasteiger partial charge is 0.258 e. The predicted molar refractivity (Wildman–Crippen MR) is 113 cm³/mol. The summed E-state index contributed by atoms with van der Waals surface area (Å²) in [6.07, 6.45) is 1.37. The quantitative estimate of drug-likeness (QED) is 0.570. The first-order chi connectivity index (χ1) is 14.6. The fourth-order valence-corrected chi connectivity index (χ4v) is 4.72. The van der Waals surface area contributed by atoms with Gasteiger partial charge in [-0.25, -0.2) is 8.78 Å². The van der Waals surface area contributed by atoms with Crippen LogP contribution in [0.3, 0.4) is 0 Å². The third-order valence-electron chi connectivity index (χ3n) is 6.41. The van der Waals surface area contributed by atoms with Crippen molar-refractivity contribution in [2.45, 2.75) is 30.8 Å². The number of ketones is 1. The van der Waals surface area contributed by atoms with Crippen LogP contribution in [0, 0.1) is 17.6 Å². The zero-order valence-corrected chi connectivity index (χ0v) is 18.1. The van der Waals surface area contributed by atoms with Gasteiger partial charge in [-0.15, -0.1) is 0 Å². The highest BCUT2D eigenvalue weighted by molar-refractivity contribution is 6.31. The Morgan fingerprint density at radius 3 is 2.32 bits per heavy atom. The minimum Gasteiger partial charge on any atom is -0.484 e. The molecule has 0 radical (unpaired) electrons. The van der Waals surface area contributed by atoms with Gasteiger partial charge in [-0.3, -0.25) is 9.59 Å². The van der Waals surface area contributed by atoms with Gasteiger partial charge >= 0.3 is 0 Å². The van der Waals surface area contributed by atoms with E-state index < -0.39 is 11.6 Å². The molecule has 2 aromatic rings. The normalized spacial score (nSPS) is 25.9. The molecule has 0 unspecified atom stereocenters. The third-order valence-corrected chi connectivity index (χ3v) is 7.02. The summed E-state index contributed by atoms with van der Waals surface area (Å²) in [6.45, 7) is 1.83. The van der Waals surface area contributed by atoms with Gasteiger partial charge in [-0.1, -0.05) is 30.1 Å². The monoisotopic (exact) mass is 468 g/mol. The number of carbonyl (C=O) groups excluding carboxylic acids is 2. The van der Waals surface area contributed by atoms with Crippen molar-refractivity contribution in [2.75, 3.05) is 13.2 Å². The second-order valence-corrected chi connectivity index (χ2v) is 9.02. The van der Waals surface area contributed by atoms with E-state index in [9.17, 15) is 18.4 Å². The molecular formula is C22H20Cl2F2N2O3. The van der Waals surface area contributed by atoms with E-state index in [1.54, 1.807) is 0 Å². The minimum atomic E-state index is -0.628. The van der Waals surface area contributed by atoms with Crippen LogP contribution in [0.4, 0.5) is 8.78 Å². The Labute approximate surface area is 188 Å². The molecular weight excluding hydrogens is 449 g/mol. The maximum absolute atomic E-state index is 13.6. The molecule has 2 N–H and O–H groups in total. The number of ether oxygens (including phenoxy) is 1. The number of amides is 1. The van der Waals surface area contributed by atoms with Gasteiger partial charge in [0.1, 0.15) is 17.4 Å². The topological polar surface area (TPSA) is 67.4 Å². The molecule has 1 amide bonds. The fourth-order valence-electron chi connectivity index (χ4n) is 4.49. The molecule has 2 bridgehead atoms. The lowest BCUT2D eigenvalue weighted by Gasteiger charge is -2.75. The van der Waals surface area contributed by atoms with Crippen LogP contribution in [0.1, 0.15) is 30.1 Å². The molecule has 3 aliphatic rings. The van der Waals surface area contributed by atoms with Gasteiger partial charge in [0.15, 0.2) is 12.4 Å². The second-order valence-electron chi connectivity index (χ2n) is 8.21. The standard InChI is InChI=1S/C22H20Cl2F2N2O3/c1-12-21(27-8-19(29)13-2-4-15(23)17(25)6-13)10-22(12,11-21)28-20(30)9-31-14-3-5-16(24)18(26)7-14/h2-7,12,27H,8-11H2,1H3,(H,28,30)/t12-,21?,22?/m0/s1. The molecule has 0 heterocycles. The Bertz CT molecular complexity index is 1060. The summed E-state index contributed by atoms with van der Waals surface area (Å²) < 4.78 is 32.3. The molecule has 0 aliphatic heterocycles. The van der Waals surface area contributed by atoms with Crippen LogP contribution in [0.5, 0.6) is 5.75 Å². The highest BCUT2D eigenvalue weighted by atomic mass is 35.5. The maximum Gasteiger partial charge on any atom is 0.258 e. The average Bonchev–Trinajstić information content (AvgIpc) is 2.72. The summed E-state index contributed by atoms with van der Waals surface area (Å²) in [5.41, 5.74) is -0.310. The average molecular weight is 469 g/mol. The summed E-state index contributed by atoms with van der Waals surface area (Å²) in [6, 6.07) is 7.97. The molecule has 3 saturated carbocycles. The molecule has 9 heteroatoms. The number of benzene rings is 2. The Morgan fingerprint density at radius 1 is 1.06 bits per heavy atom. The molecule has 0 spiro atoms. The number of hydrogen-bond acceptors (Lipinski definition) is 4. The van der Waals surface area contributed by atoms with E-state index in [2.05, 4.69) is 10.6 Å². The van der Waals surface area contributed by atoms with Crippen molar-refractivity contribution in [1.29, 1.82) is 0 Å². The Morgan fingerprint density at radius 2 is 1.71 bits per heavy atom. The van der Waals surface area contributed by atoms with Crippen LogP contribution >= 0.6 is 23.2 Å². The van der Waals surface area contributed by atoms with E-state index in [-0.39, 0.29) is 63.2 Å². The van der Waals surface area contributed by atoms with Gasteiger partial charge < -0.3 is 15.4 Å². The van der Waals surface area contributed by atoms with Crippen LogP contribution in [0.2, 0.25) is 10.0 Å². The van der Waals surface area contributed by atoms with E-state index in [4.69, 9.17) is 27.9 Å². The Balaban J connectivity index is 1.25. The van der Waals surface area contributed by atoms with Gasteiger partial charge in [0.25, 0.3) is 5.91 Å². The van der Waals surface area contributed by atoms with E-state index in [0.29, 0.717) is 12.8 Å². The summed E-state index contributed by atoms with van der Waals surface area (Å²) in [5.74, 6) is -1.43. The summed E-state index contributed by atoms with van der Waals surface area (Å²) >= 11 is 11.3. The lowest BCUT2D eigenvalue weighted by Crippen LogP contribution is -2.89. The summed E-state index contributed by atoms with van der Waals surface area (Å²) in [4.78, 5) is 24.6. The summed E-state index contributed by atoms with van der Waals surface area (Å²) in [5, 5.41) is 6.21. The zero-order valence-electron chi connectivity index (χ0n) is 16.6. The number of nitrogens with one attached hydrogen (secondary N) is 2. The van der Waals surface area contributed by atoms with Crippen LogP contribution < -0.4 is 15.4 Å². The maximum atomic E-state index is 13.6. The van der Waals surface area contributed by atoms with Crippen LogP contribution in [-0.4, -0.2) is 35.9 Å². The van der Waals surface area contributed by atoms with Crippen LogP contribution in [0.25, 0.3) is 0 Å². The highest BCUT2D eigenvalue weighted by Crippen LogP contribution is 2.64. The highest BCUT2D eigenvalue weighted by Gasteiger charge is 2.74. The molecule has 164 valence electrons. The lowest BCUT2D eigenvalue weighted by molar-refractivity contribution is -0.178. The van der Waals surface area contributed by atoms with Crippen molar-refractivity contribution in [2.24, 2.45) is 5.92 Å². The zero-order chi connectivity index (χ0) is 22.4. The van der Waals surface area contributed by atoms with Crippen molar-refractivity contribution in [3.05, 3.63) is 63.6 Å². The molecule has 3 aliphatic carbocycles. The van der Waals surface area contributed by atoms with Crippen molar-refractivity contribution in [3.63, 3.8) is 0 Å². The molecule has 5 nitrogen and oxygen atoms in total. The van der Waals surface area contributed by atoms with Gasteiger partial charge in [0.05, 0.1) is 16.6 Å². The van der Waals surface area contributed by atoms with Crippen molar-refractivity contribution in [1.82, 2.24) is 10.6 Å². The van der Waals surface area contributed by atoms with Gasteiger partial charge in [-0.05, 0) is 49.1 Å². The van der Waals surface area contributed by atoms with Gasteiger partial charge in [0, 0.05) is 22.7 Å². The molecule has 0 aromatic heterocycles. The first-order valence-electron chi connectivity index (χ1n) is 9.76. The van der Waals surface area contributed by atoms with E-state index in [1.807, 2.05) is 6.92 Å². The van der Waals surface area contributed by atoms with E-state index in [1.165, 1.54) is 24.3 Å². The molecule has 3 fully saturated rings. The molecule has 31 heavy (non-hydrogen) atoms. The van der Waals surface area contributed by atoms with Crippen molar-refractivity contribution >= 4 is 34.9 Å². The summed E-state index contributed by atoms with van der Waals surface area (Å²) in [7, 11) is 0. The van der Waals surface area contributed by atoms with Crippen LogP contribution in [0.15, 0.2) is 36.4 Å². The Hall–Kier alpha value is -2.22. The molecule has 5 rings (SSSR count). The predicted octanol–water partition coefficient (Wildman–Crippen LogP) is 4.16. The molecule has 2 aromatic carbocycles. The van der Waals surface area contributed by atoms with E-state index >= 15 is 0 Å².